The smallest absolute Gasteiger partial charge is 0.142 e. The zero-order valence-electron chi connectivity index (χ0n) is 11.2. The molecule has 3 rings (SSSR count). The van der Waals surface area contributed by atoms with Crippen LogP contribution in [0, 0.1) is 11.3 Å². The summed E-state index contributed by atoms with van der Waals surface area (Å²) in [5.74, 6) is 0.820. The van der Waals surface area contributed by atoms with Gasteiger partial charge in [-0.3, -0.25) is 0 Å². The third-order valence-corrected chi connectivity index (χ3v) is 4.53. The summed E-state index contributed by atoms with van der Waals surface area (Å²) >= 11 is 1.38. The second-order valence-electron chi connectivity index (χ2n) is 5.21. The molecule has 0 aliphatic heterocycles. The average molecular weight is 284 g/mol. The van der Waals surface area contributed by atoms with Crippen LogP contribution in [0.4, 0.5) is 5.82 Å². The Hall–Kier alpha value is -1.93. The molecule has 0 saturated heterocycles. The fourth-order valence-corrected chi connectivity index (χ4v) is 3.41. The van der Waals surface area contributed by atoms with Gasteiger partial charge in [0.25, 0.3) is 0 Å². The van der Waals surface area contributed by atoms with Crippen molar-refractivity contribution in [2.24, 2.45) is 0 Å². The average Bonchev–Trinajstić information content (AvgIpc) is 3.01. The first-order chi connectivity index (χ1) is 9.79. The van der Waals surface area contributed by atoms with E-state index in [9.17, 15) is 5.26 Å². The number of nitrogens with two attached hydrogens (primary N) is 1. The lowest BCUT2D eigenvalue weighted by Gasteiger charge is -2.22. The van der Waals surface area contributed by atoms with Crippen LogP contribution in [0.5, 0.6) is 0 Å². The molecule has 5 heteroatoms. The Bertz CT molecular complexity index is 637. The van der Waals surface area contributed by atoms with Crippen molar-refractivity contribution in [3.8, 4) is 17.2 Å². The molecule has 4 nitrogen and oxygen atoms in total. The Morgan fingerprint density at radius 1 is 1.30 bits per heavy atom. The van der Waals surface area contributed by atoms with Gasteiger partial charge in [0.2, 0.25) is 0 Å². The van der Waals surface area contributed by atoms with Gasteiger partial charge in [-0.15, -0.1) is 0 Å². The quantitative estimate of drug-likeness (QED) is 0.912. The number of pyridine rings is 1. The molecule has 0 aromatic carbocycles. The Morgan fingerprint density at radius 3 is 2.75 bits per heavy atom. The van der Waals surface area contributed by atoms with E-state index in [4.69, 9.17) is 5.73 Å². The molecule has 1 aliphatic rings. The molecule has 0 radical (unpaired) electrons. The van der Waals surface area contributed by atoms with Crippen molar-refractivity contribution in [3.63, 3.8) is 0 Å². The van der Waals surface area contributed by atoms with Crippen LogP contribution in [0.2, 0.25) is 0 Å². The van der Waals surface area contributed by atoms with Gasteiger partial charge in [-0.05, 0) is 30.4 Å². The number of rotatable bonds is 2. The SMILES string of the molecule is N#Cc1c(-c2cnsc2)cc(C2CCCCC2)nc1N. The van der Waals surface area contributed by atoms with E-state index in [1.807, 2.05) is 11.4 Å². The summed E-state index contributed by atoms with van der Waals surface area (Å²) in [4.78, 5) is 4.48. The van der Waals surface area contributed by atoms with Crippen LogP contribution in [-0.2, 0) is 0 Å². The monoisotopic (exact) mass is 284 g/mol. The molecule has 1 fully saturated rings. The highest BCUT2D eigenvalue weighted by atomic mass is 32.1. The number of hydrogen-bond donors (Lipinski definition) is 1. The molecule has 0 unspecified atom stereocenters. The van der Waals surface area contributed by atoms with E-state index in [0.717, 1.165) is 16.8 Å². The predicted molar refractivity (Wildman–Crippen MR) is 80.3 cm³/mol. The van der Waals surface area contributed by atoms with Gasteiger partial charge in [0, 0.05) is 34.3 Å². The van der Waals surface area contributed by atoms with Crippen LogP contribution in [0.15, 0.2) is 17.6 Å². The van der Waals surface area contributed by atoms with Crippen LogP contribution in [0.25, 0.3) is 11.1 Å². The third kappa shape index (κ3) is 2.39. The molecule has 0 atom stereocenters. The van der Waals surface area contributed by atoms with Gasteiger partial charge in [-0.25, -0.2) is 9.36 Å². The highest BCUT2D eigenvalue weighted by Crippen LogP contribution is 2.36. The van der Waals surface area contributed by atoms with Crippen LogP contribution in [0.1, 0.15) is 49.3 Å². The van der Waals surface area contributed by atoms with E-state index in [-0.39, 0.29) is 0 Å². The minimum Gasteiger partial charge on any atom is -0.383 e. The van der Waals surface area contributed by atoms with Crippen LogP contribution < -0.4 is 5.73 Å². The standard InChI is InChI=1S/C15H16N4S/c16-7-13-12(11-8-18-20-9-11)6-14(19-15(13)17)10-4-2-1-3-5-10/h6,8-10H,1-5H2,(H2,17,19). The van der Waals surface area contributed by atoms with Crippen molar-refractivity contribution in [1.29, 1.82) is 5.26 Å². The molecule has 2 N–H and O–H groups in total. The van der Waals surface area contributed by atoms with Crippen molar-refractivity contribution in [2.75, 3.05) is 5.73 Å². The Labute approximate surface area is 122 Å². The van der Waals surface area contributed by atoms with Gasteiger partial charge >= 0.3 is 0 Å². The molecule has 0 spiro atoms. The molecule has 0 bridgehead atoms. The van der Waals surface area contributed by atoms with E-state index in [2.05, 4.69) is 15.4 Å². The number of anilines is 1. The maximum atomic E-state index is 9.31. The number of nitrogen functional groups attached to an aromatic ring is 1. The minimum absolute atomic E-state index is 0.344. The lowest BCUT2D eigenvalue weighted by atomic mass is 9.85. The largest absolute Gasteiger partial charge is 0.383 e. The number of nitriles is 1. The normalized spacial score (nSPS) is 15.9. The van der Waals surface area contributed by atoms with Crippen molar-refractivity contribution in [2.45, 2.75) is 38.0 Å². The molecule has 2 aromatic heterocycles. The minimum atomic E-state index is 0.344. The summed E-state index contributed by atoms with van der Waals surface area (Å²) in [6, 6.07) is 4.21. The van der Waals surface area contributed by atoms with Crippen molar-refractivity contribution < 1.29 is 0 Å². The van der Waals surface area contributed by atoms with Gasteiger partial charge in [0.05, 0.1) is 0 Å². The number of nitrogens with zero attached hydrogens (tertiary/aromatic N) is 3. The summed E-state index contributed by atoms with van der Waals surface area (Å²) in [5, 5.41) is 11.3. The van der Waals surface area contributed by atoms with Gasteiger partial charge in [0.15, 0.2) is 0 Å². The topological polar surface area (TPSA) is 75.6 Å². The van der Waals surface area contributed by atoms with Crippen molar-refractivity contribution in [1.82, 2.24) is 9.36 Å². The van der Waals surface area contributed by atoms with Gasteiger partial charge in [0.1, 0.15) is 17.5 Å². The van der Waals surface area contributed by atoms with E-state index in [1.165, 1.54) is 43.6 Å². The maximum Gasteiger partial charge on any atom is 0.142 e. The Morgan fingerprint density at radius 2 is 2.10 bits per heavy atom. The van der Waals surface area contributed by atoms with Crippen LogP contribution in [0.3, 0.4) is 0 Å². The first-order valence-electron chi connectivity index (χ1n) is 6.90. The summed E-state index contributed by atoms with van der Waals surface area (Å²) in [6.07, 6.45) is 7.93. The van der Waals surface area contributed by atoms with Crippen molar-refractivity contribution in [3.05, 3.63) is 28.9 Å². The summed E-state index contributed by atoms with van der Waals surface area (Å²) in [7, 11) is 0. The Kier molecular flexibility index (Phi) is 3.66. The summed E-state index contributed by atoms with van der Waals surface area (Å²) in [5.41, 5.74) is 9.31. The molecule has 20 heavy (non-hydrogen) atoms. The van der Waals surface area contributed by atoms with E-state index in [0.29, 0.717) is 17.3 Å². The zero-order chi connectivity index (χ0) is 13.9. The second kappa shape index (κ2) is 5.59. The molecule has 2 heterocycles. The first kappa shape index (κ1) is 13.1. The fourth-order valence-electron chi connectivity index (χ4n) is 2.88. The van der Waals surface area contributed by atoms with Gasteiger partial charge in [-0.2, -0.15) is 5.26 Å². The zero-order valence-corrected chi connectivity index (χ0v) is 12.0. The highest BCUT2D eigenvalue weighted by molar-refractivity contribution is 7.03. The molecule has 2 aromatic rings. The maximum absolute atomic E-state index is 9.31. The van der Waals surface area contributed by atoms with E-state index in [1.54, 1.807) is 6.20 Å². The molecular weight excluding hydrogens is 268 g/mol. The van der Waals surface area contributed by atoms with E-state index >= 15 is 0 Å². The van der Waals surface area contributed by atoms with Crippen molar-refractivity contribution >= 4 is 17.4 Å². The first-order valence-corrected chi connectivity index (χ1v) is 7.73. The lowest BCUT2D eigenvalue weighted by Crippen LogP contribution is -2.09. The van der Waals surface area contributed by atoms with Crippen LogP contribution in [-0.4, -0.2) is 9.36 Å². The summed E-state index contributed by atoms with van der Waals surface area (Å²) in [6.45, 7) is 0. The second-order valence-corrected chi connectivity index (χ2v) is 5.87. The molecular formula is C15H16N4S. The molecule has 0 amide bonds. The molecule has 1 aliphatic carbocycles. The van der Waals surface area contributed by atoms with Gasteiger partial charge < -0.3 is 5.73 Å². The third-order valence-electron chi connectivity index (χ3n) is 3.95. The number of hydrogen-bond acceptors (Lipinski definition) is 5. The fraction of sp³-hybridized carbons (Fsp3) is 0.400. The molecule has 1 saturated carbocycles. The van der Waals surface area contributed by atoms with Gasteiger partial charge in [-0.1, -0.05) is 19.3 Å². The number of aromatic nitrogens is 2. The highest BCUT2D eigenvalue weighted by Gasteiger charge is 2.20. The lowest BCUT2D eigenvalue weighted by molar-refractivity contribution is 0.437. The molecule has 102 valence electrons. The Balaban J connectivity index is 2.07. The van der Waals surface area contributed by atoms with Crippen LogP contribution >= 0.6 is 11.5 Å². The summed E-state index contributed by atoms with van der Waals surface area (Å²) < 4.78 is 4.12. The predicted octanol–water partition coefficient (Wildman–Crippen LogP) is 3.71. The van der Waals surface area contributed by atoms with E-state index < -0.39 is 0 Å².